The maximum atomic E-state index is 5.84. The van der Waals surface area contributed by atoms with E-state index in [2.05, 4.69) is 51.5 Å². The topological polar surface area (TPSA) is 41.3 Å². The molecule has 0 amide bonds. The van der Waals surface area contributed by atoms with Gasteiger partial charge in [-0.3, -0.25) is 16.2 Å². The van der Waals surface area contributed by atoms with E-state index in [9.17, 15) is 0 Å². The van der Waals surface area contributed by atoms with Crippen LogP contribution in [0.15, 0.2) is 12.2 Å². The molecule has 108 valence electrons. The molecule has 1 unspecified atom stereocenters. The summed E-state index contributed by atoms with van der Waals surface area (Å²) in [6.07, 6.45) is 4.21. The Morgan fingerprint density at radius 1 is 1.17 bits per heavy atom. The fraction of sp³-hybridized carbons (Fsp3) is 0.867. The van der Waals surface area contributed by atoms with Crippen LogP contribution in [0.3, 0.4) is 0 Å². The number of nitrogens with one attached hydrogen (secondary N) is 1. The molecular weight excluding hydrogens is 222 g/mol. The number of nitrogens with zero attached hydrogens (tertiary/aromatic N) is 1. The van der Waals surface area contributed by atoms with Crippen LogP contribution in [0.25, 0.3) is 0 Å². The average Bonchev–Trinajstić information content (AvgIpc) is 2.42. The molecule has 0 radical (unpaired) electrons. The highest BCUT2D eigenvalue weighted by molar-refractivity contribution is 5.06. The van der Waals surface area contributed by atoms with Crippen LogP contribution in [0.2, 0.25) is 0 Å². The van der Waals surface area contributed by atoms with Gasteiger partial charge in [0, 0.05) is 11.6 Å². The van der Waals surface area contributed by atoms with Crippen LogP contribution in [0.1, 0.15) is 60.3 Å². The van der Waals surface area contributed by atoms with Crippen molar-refractivity contribution in [3.05, 3.63) is 12.2 Å². The lowest BCUT2D eigenvalue weighted by Gasteiger charge is -2.48. The van der Waals surface area contributed by atoms with E-state index in [1.54, 1.807) is 0 Å². The molecule has 0 aromatic carbocycles. The van der Waals surface area contributed by atoms with Gasteiger partial charge in [-0.2, -0.15) is 0 Å². The van der Waals surface area contributed by atoms with Crippen molar-refractivity contribution < 1.29 is 0 Å². The highest BCUT2D eigenvalue weighted by Gasteiger charge is 2.39. The molecule has 0 rings (SSSR count). The lowest BCUT2D eigenvalue weighted by atomic mass is 9.79. The van der Waals surface area contributed by atoms with Crippen molar-refractivity contribution in [2.75, 3.05) is 13.1 Å². The molecule has 3 N–H and O–H groups in total. The van der Waals surface area contributed by atoms with Crippen LogP contribution >= 0.6 is 0 Å². The maximum absolute atomic E-state index is 5.84. The fourth-order valence-electron chi connectivity index (χ4n) is 3.10. The number of rotatable bonds is 10. The van der Waals surface area contributed by atoms with Crippen molar-refractivity contribution in [1.29, 1.82) is 0 Å². The number of nitrogens with two attached hydrogens (primary N) is 1. The van der Waals surface area contributed by atoms with E-state index in [4.69, 9.17) is 5.84 Å². The maximum Gasteiger partial charge on any atom is 0.0431 e. The number of likely N-dealkylation sites (N-methyl/N-ethyl adjacent to an activating group) is 1. The van der Waals surface area contributed by atoms with Crippen LogP contribution in [-0.2, 0) is 0 Å². The second-order valence-electron chi connectivity index (χ2n) is 5.01. The summed E-state index contributed by atoms with van der Waals surface area (Å²) in [6, 6.07) is 0.278. The molecule has 0 saturated heterocycles. The molecule has 0 aliphatic rings. The van der Waals surface area contributed by atoms with Gasteiger partial charge in [0.05, 0.1) is 0 Å². The Bertz CT molecular complexity index is 230. The molecule has 1 atom stereocenters. The molecule has 0 spiro atoms. The molecule has 0 aromatic heterocycles. The summed E-state index contributed by atoms with van der Waals surface area (Å²) < 4.78 is 0. The van der Waals surface area contributed by atoms with Gasteiger partial charge in [0.1, 0.15) is 0 Å². The number of hydrazine groups is 1. The van der Waals surface area contributed by atoms with Gasteiger partial charge in [0.2, 0.25) is 0 Å². The Hall–Kier alpha value is -0.380. The van der Waals surface area contributed by atoms with Crippen molar-refractivity contribution in [3.63, 3.8) is 0 Å². The minimum Gasteiger partial charge on any atom is -0.297 e. The van der Waals surface area contributed by atoms with E-state index in [1.165, 1.54) is 5.57 Å². The molecule has 0 aliphatic carbocycles. The quantitative estimate of drug-likeness (QED) is 0.358. The van der Waals surface area contributed by atoms with Crippen molar-refractivity contribution in [2.24, 2.45) is 5.84 Å². The first-order valence-electron chi connectivity index (χ1n) is 7.43. The van der Waals surface area contributed by atoms with Gasteiger partial charge in [-0.05, 0) is 38.8 Å². The van der Waals surface area contributed by atoms with Gasteiger partial charge >= 0.3 is 0 Å². The summed E-state index contributed by atoms with van der Waals surface area (Å²) >= 11 is 0. The lowest BCUT2D eigenvalue weighted by Crippen LogP contribution is -2.62. The normalized spacial score (nSPS) is 13.9. The lowest BCUT2D eigenvalue weighted by molar-refractivity contribution is 0.0490. The van der Waals surface area contributed by atoms with Gasteiger partial charge < -0.3 is 0 Å². The van der Waals surface area contributed by atoms with E-state index in [-0.39, 0.29) is 11.6 Å². The predicted octanol–water partition coefficient (Wildman–Crippen LogP) is 3.08. The molecule has 0 fully saturated rings. The second-order valence-corrected chi connectivity index (χ2v) is 5.01. The molecule has 0 saturated carbocycles. The van der Waals surface area contributed by atoms with E-state index in [0.29, 0.717) is 0 Å². The standard InChI is InChI=1S/C15H33N3/c1-7-13(6)12-14(17-16)15(8-2,9-3)18(10-4)11-5/h14,17H,6-12,16H2,1-5H3. The van der Waals surface area contributed by atoms with Crippen LogP contribution in [0, 0.1) is 0 Å². The zero-order valence-electron chi connectivity index (χ0n) is 13.1. The van der Waals surface area contributed by atoms with E-state index in [0.717, 1.165) is 38.8 Å². The van der Waals surface area contributed by atoms with Crippen molar-refractivity contribution in [2.45, 2.75) is 71.9 Å². The third-order valence-corrected chi connectivity index (χ3v) is 4.46. The molecule has 18 heavy (non-hydrogen) atoms. The first-order valence-corrected chi connectivity index (χ1v) is 7.43. The Morgan fingerprint density at radius 2 is 1.67 bits per heavy atom. The first kappa shape index (κ1) is 17.6. The van der Waals surface area contributed by atoms with Crippen molar-refractivity contribution >= 4 is 0 Å². The largest absolute Gasteiger partial charge is 0.297 e. The Balaban J connectivity index is 5.18. The Morgan fingerprint density at radius 3 is 1.94 bits per heavy atom. The smallest absolute Gasteiger partial charge is 0.0431 e. The Labute approximate surface area is 114 Å². The molecule has 0 heterocycles. The Kier molecular flexibility index (Phi) is 8.49. The highest BCUT2D eigenvalue weighted by Crippen LogP contribution is 2.31. The summed E-state index contributed by atoms with van der Waals surface area (Å²) in [5, 5.41) is 0. The average molecular weight is 255 g/mol. The fourth-order valence-corrected chi connectivity index (χ4v) is 3.10. The summed E-state index contributed by atoms with van der Waals surface area (Å²) in [5.74, 6) is 5.84. The summed E-state index contributed by atoms with van der Waals surface area (Å²) in [5.41, 5.74) is 4.47. The minimum absolute atomic E-state index is 0.135. The van der Waals surface area contributed by atoms with E-state index in [1.807, 2.05) is 0 Å². The van der Waals surface area contributed by atoms with E-state index >= 15 is 0 Å². The number of hydrogen-bond acceptors (Lipinski definition) is 3. The van der Waals surface area contributed by atoms with Gasteiger partial charge in [0.25, 0.3) is 0 Å². The molecule has 0 aliphatic heterocycles. The zero-order chi connectivity index (χ0) is 14.2. The van der Waals surface area contributed by atoms with E-state index < -0.39 is 0 Å². The molecule has 0 bridgehead atoms. The highest BCUT2D eigenvalue weighted by atomic mass is 15.3. The minimum atomic E-state index is 0.135. The van der Waals surface area contributed by atoms with Crippen LogP contribution in [0.5, 0.6) is 0 Å². The summed E-state index contributed by atoms with van der Waals surface area (Å²) in [7, 11) is 0. The summed E-state index contributed by atoms with van der Waals surface area (Å²) in [6.45, 7) is 17.4. The molecule has 0 aromatic rings. The number of hydrogen-bond donors (Lipinski definition) is 2. The van der Waals surface area contributed by atoms with Gasteiger partial charge in [0.15, 0.2) is 0 Å². The SMILES string of the molecule is C=C(CC)CC(NN)C(CC)(CC)N(CC)CC. The zero-order valence-corrected chi connectivity index (χ0v) is 13.1. The van der Waals surface area contributed by atoms with Crippen LogP contribution in [0.4, 0.5) is 0 Å². The van der Waals surface area contributed by atoms with Crippen molar-refractivity contribution in [3.8, 4) is 0 Å². The third-order valence-electron chi connectivity index (χ3n) is 4.46. The molecule has 3 heteroatoms. The van der Waals surface area contributed by atoms with Gasteiger partial charge in [-0.1, -0.05) is 46.8 Å². The molecule has 3 nitrogen and oxygen atoms in total. The van der Waals surface area contributed by atoms with Crippen LogP contribution < -0.4 is 11.3 Å². The first-order chi connectivity index (χ1) is 8.55. The van der Waals surface area contributed by atoms with Gasteiger partial charge in [-0.25, -0.2) is 0 Å². The monoisotopic (exact) mass is 255 g/mol. The third kappa shape index (κ3) is 3.81. The predicted molar refractivity (Wildman–Crippen MR) is 81.4 cm³/mol. The van der Waals surface area contributed by atoms with Crippen LogP contribution in [-0.4, -0.2) is 29.6 Å². The molecular formula is C15H33N3. The second kappa shape index (κ2) is 8.68. The van der Waals surface area contributed by atoms with Gasteiger partial charge in [-0.15, -0.1) is 0 Å². The summed E-state index contributed by atoms with van der Waals surface area (Å²) in [4.78, 5) is 2.54. The van der Waals surface area contributed by atoms with Crippen molar-refractivity contribution in [1.82, 2.24) is 10.3 Å².